The first-order valence-corrected chi connectivity index (χ1v) is 10.1. The third-order valence-electron chi connectivity index (χ3n) is 5.11. The minimum atomic E-state index is -0.792. The van der Waals surface area contributed by atoms with Crippen LogP contribution in [0.1, 0.15) is 42.6 Å². The molecule has 0 spiro atoms. The molecule has 3 rings (SSSR count). The van der Waals surface area contributed by atoms with E-state index in [1.165, 1.54) is 4.90 Å². The van der Waals surface area contributed by atoms with Crippen LogP contribution in [0.4, 0.5) is 5.69 Å². The van der Waals surface area contributed by atoms with Gasteiger partial charge < -0.3 is 4.90 Å². The Labute approximate surface area is 173 Å². The molecule has 0 radical (unpaired) electrons. The molecule has 3 amide bonds. The molecule has 0 N–H and O–H groups in total. The first-order valence-electron chi connectivity index (χ1n) is 9.35. The maximum absolute atomic E-state index is 13.3. The van der Waals surface area contributed by atoms with E-state index in [0.717, 1.165) is 10.0 Å². The molecule has 1 heterocycles. The molecule has 5 nitrogen and oxygen atoms in total. The lowest BCUT2D eigenvalue weighted by Gasteiger charge is -2.33. The summed E-state index contributed by atoms with van der Waals surface area (Å²) in [4.78, 5) is 41.9. The van der Waals surface area contributed by atoms with Crippen LogP contribution in [0.3, 0.4) is 0 Å². The van der Waals surface area contributed by atoms with Gasteiger partial charge in [-0.1, -0.05) is 40.5 Å². The number of carbonyl (C=O) groups excluding carboxylic acids is 3. The van der Waals surface area contributed by atoms with Gasteiger partial charge in [0.1, 0.15) is 6.04 Å². The van der Waals surface area contributed by atoms with Crippen LogP contribution < -0.4 is 4.90 Å². The molecule has 0 bridgehead atoms. The number of halogens is 1. The van der Waals surface area contributed by atoms with Crippen molar-refractivity contribution >= 4 is 39.3 Å². The third kappa shape index (κ3) is 3.87. The predicted octanol–water partition coefficient (Wildman–Crippen LogP) is 4.33. The molecule has 28 heavy (non-hydrogen) atoms. The van der Waals surface area contributed by atoms with Crippen molar-refractivity contribution in [2.24, 2.45) is 0 Å². The molecule has 1 aliphatic heterocycles. The topological polar surface area (TPSA) is 57.7 Å². The Morgan fingerprint density at radius 1 is 1.21 bits per heavy atom. The fourth-order valence-electron chi connectivity index (χ4n) is 3.47. The quantitative estimate of drug-likeness (QED) is 0.647. The molecule has 1 aliphatic rings. The van der Waals surface area contributed by atoms with Crippen LogP contribution in [0.15, 0.2) is 53.0 Å². The Kier molecular flexibility index (Phi) is 5.98. The summed E-state index contributed by atoms with van der Waals surface area (Å²) in [5, 5.41) is 0. The highest BCUT2D eigenvalue weighted by molar-refractivity contribution is 9.10. The van der Waals surface area contributed by atoms with E-state index in [2.05, 4.69) is 15.9 Å². The SMILES string of the molecule is CCC(C)N(C(=O)c1cccc(C)c1)C1CC(=O)N(c2ccc(Br)cc2)C1=O. The lowest BCUT2D eigenvalue weighted by molar-refractivity contribution is -0.122. The number of hydrogen-bond donors (Lipinski definition) is 0. The molecule has 1 saturated heterocycles. The number of anilines is 1. The maximum atomic E-state index is 13.3. The third-order valence-corrected chi connectivity index (χ3v) is 5.64. The maximum Gasteiger partial charge on any atom is 0.257 e. The van der Waals surface area contributed by atoms with Gasteiger partial charge in [0.25, 0.3) is 11.8 Å². The summed E-state index contributed by atoms with van der Waals surface area (Å²) < 4.78 is 0.864. The number of imide groups is 1. The van der Waals surface area contributed by atoms with Crippen molar-refractivity contribution in [2.45, 2.75) is 45.7 Å². The van der Waals surface area contributed by atoms with Crippen LogP contribution >= 0.6 is 15.9 Å². The van der Waals surface area contributed by atoms with Gasteiger partial charge in [0.2, 0.25) is 5.91 Å². The van der Waals surface area contributed by atoms with Gasteiger partial charge in [0.05, 0.1) is 12.1 Å². The Hall–Kier alpha value is -2.47. The van der Waals surface area contributed by atoms with Crippen molar-refractivity contribution in [3.63, 3.8) is 0 Å². The number of benzene rings is 2. The van der Waals surface area contributed by atoms with E-state index in [0.29, 0.717) is 17.7 Å². The van der Waals surface area contributed by atoms with E-state index in [-0.39, 0.29) is 30.2 Å². The fourth-order valence-corrected chi connectivity index (χ4v) is 3.73. The van der Waals surface area contributed by atoms with Gasteiger partial charge in [-0.05, 0) is 56.7 Å². The minimum Gasteiger partial charge on any atom is -0.323 e. The fraction of sp³-hybridized carbons (Fsp3) is 0.318. The first-order chi connectivity index (χ1) is 13.3. The van der Waals surface area contributed by atoms with Crippen LogP contribution in [0.25, 0.3) is 0 Å². The zero-order chi connectivity index (χ0) is 20.4. The highest BCUT2D eigenvalue weighted by Gasteiger charge is 2.45. The van der Waals surface area contributed by atoms with Crippen molar-refractivity contribution in [1.82, 2.24) is 4.90 Å². The van der Waals surface area contributed by atoms with Gasteiger partial charge in [-0.2, -0.15) is 0 Å². The van der Waals surface area contributed by atoms with Gasteiger partial charge >= 0.3 is 0 Å². The zero-order valence-electron chi connectivity index (χ0n) is 16.2. The molecule has 1 fully saturated rings. The van der Waals surface area contributed by atoms with Crippen LogP contribution in [-0.4, -0.2) is 34.7 Å². The summed E-state index contributed by atoms with van der Waals surface area (Å²) in [5.74, 6) is -0.863. The number of aryl methyl sites for hydroxylation is 1. The largest absolute Gasteiger partial charge is 0.323 e. The number of nitrogens with zero attached hydrogens (tertiary/aromatic N) is 2. The van der Waals surface area contributed by atoms with Crippen LogP contribution in [0, 0.1) is 6.92 Å². The second-order valence-electron chi connectivity index (χ2n) is 7.10. The Balaban J connectivity index is 1.95. The van der Waals surface area contributed by atoms with Gasteiger partial charge in [-0.25, -0.2) is 4.90 Å². The highest BCUT2D eigenvalue weighted by atomic mass is 79.9. The predicted molar refractivity (Wildman–Crippen MR) is 112 cm³/mol. The van der Waals surface area contributed by atoms with Crippen molar-refractivity contribution in [2.75, 3.05) is 4.90 Å². The van der Waals surface area contributed by atoms with Crippen molar-refractivity contribution in [3.05, 3.63) is 64.1 Å². The van der Waals surface area contributed by atoms with E-state index in [9.17, 15) is 14.4 Å². The van der Waals surface area contributed by atoms with E-state index in [1.54, 1.807) is 35.2 Å². The summed E-state index contributed by atoms with van der Waals surface area (Å²) >= 11 is 3.36. The van der Waals surface area contributed by atoms with Gasteiger partial charge in [-0.3, -0.25) is 14.4 Å². The summed E-state index contributed by atoms with van der Waals surface area (Å²) in [6.45, 7) is 5.80. The van der Waals surface area contributed by atoms with Crippen LogP contribution in [0.5, 0.6) is 0 Å². The average molecular weight is 443 g/mol. The van der Waals surface area contributed by atoms with E-state index in [4.69, 9.17) is 0 Å². The Bertz CT molecular complexity index is 910. The molecule has 2 aromatic carbocycles. The lowest BCUT2D eigenvalue weighted by atomic mass is 10.0. The smallest absolute Gasteiger partial charge is 0.257 e. The summed E-state index contributed by atoms with van der Waals surface area (Å²) in [6, 6.07) is 13.4. The standard InChI is InChI=1S/C22H23BrN2O3/c1-4-15(3)24(21(27)16-7-5-6-14(2)12-16)19-13-20(26)25(22(19)28)18-10-8-17(23)9-11-18/h5-12,15,19H,4,13H2,1-3H3. The second-order valence-corrected chi connectivity index (χ2v) is 8.02. The van der Waals surface area contributed by atoms with Crippen molar-refractivity contribution in [3.8, 4) is 0 Å². The number of hydrogen-bond acceptors (Lipinski definition) is 3. The first kappa shape index (κ1) is 20.3. The number of carbonyl (C=O) groups is 3. The molecule has 2 atom stereocenters. The van der Waals surface area contributed by atoms with Crippen molar-refractivity contribution in [1.29, 1.82) is 0 Å². The Morgan fingerprint density at radius 3 is 2.50 bits per heavy atom. The lowest BCUT2D eigenvalue weighted by Crippen LogP contribution is -2.49. The molecule has 0 saturated carbocycles. The van der Waals surface area contributed by atoms with E-state index in [1.807, 2.05) is 39.0 Å². The van der Waals surface area contributed by atoms with E-state index < -0.39 is 6.04 Å². The molecule has 0 aromatic heterocycles. The molecule has 146 valence electrons. The molecular formula is C22H23BrN2O3. The molecule has 6 heteroatoms. The van der Waals surface area contributed by atoms with Gasteiger partial charge in [-0.15, -0.1) is 0 Å². The summed E-state index contributed by atoms with van der Waals surface area (Å²) in [5.41, 5.74) is 2.02. The van der Waals surface area contributed by atoms with Gasteiger partial charge in [0.15, 0.2) is 0 Å². The molecule has 2 aromatic rings. The summed E-state index contributed by atoms with van der Waals surface area (Å²) in [6.07, 6.45) is 0.685. The monoisotopic (exact) mass is 442 g/mol. The summed E-state index contributed by atoms with van der Waals surface area (Å²) in [7, 11) is 0. The number of amides is 3. The molecular weight excluding hydrogens is 420 g/mol. The van der Waals surface area contributed by atoms with Gasteiger partial charge in [0, 0.05) is 16.1 Å². The average Bonchev–Trinajstić information content (AvgIpc) is 2.96. The second kappa shape index (κ2) is 8.27. The zero-order valence-corrected chi connectivity index (χ0v) is 17.8. The molecule has 2 unspecified atom stereocenters. The number of rotatable bonds is 5. The minimum absolute atomic E-state index is 0.00318. The van der Waals surface area contributed by atoms with Crippen LogP contribution in [-0.2, 0) is 9.59 Å². The van der Waals surface area contributed by atoms with Crippen LogP contribution in [0.2, 0.25) is 0 Å². The highest BCUT2D eigenvalue weighted by Crippen LogP contribution is 2.29. The van der Waals surface area contributed by atoms with Crippen molar-refractivity contribution < 1.29 is 14.4 Å². The van der Waals surface area contributed by atoms with E-state index >= 15 is 0 Å². The normalized spacial score (nSPS) is 17.7. The molecule has 0 aliphatic carbocycles. The Morgan fingerprint density at radius 2 is 1.89 bits per heavy atom.